The van der Waals surface area contributed by atoms with Crippen LogP contribution in [0.3, 0.4) is 0 Å². The lowest BCUT2D eigenvalue weighted by atomic mass is 10.00. The van der Waals surface area contributed by atoms with Gasteiger partial charge in [-0.15, -0.1) is 0 Å². The van der Waals surface area contributed by atoms with E-state index in [1.165, 1.54) is 0 Å². The van der Waals surface area contributed by atoms with E-state index in [0.717, 1.165) is 31.6 Å². The summed E-state index contributed by atoms with van der Waals surface area (Å²) in [6.07, 6.45) is 2.24. The van der Waals surface area contributed by atoms with E-state index in [1.54, 1.807) is 18.3 Å². The van der Waals surface area contributed by atoms with Crippen molar-refractivity contribution in [3.05, 3.63) is 22.4 Å². The Morgan fingerprint density at radius 2 is 2.18 bits per heavy atom. The lowest BCUT2D eigenvalue weighted by Crippen LogP contribution is -2.40. The molecule has 0 fully saturated rings. The second kappa shape index (κ2) is 10.6. The molecule has 0 amide bonds. The second-order valence-corrected chi connectivity index (χ2v) is 6.15. The van der Waals surface area contributed by atoms with Crippen molar-refractivity contribution < 1.29 is 9.84 Å². The molecule has 22 heavy (non-hydrogen) atoms. The maximum absolute atomic E-state index is 10.5. The summed E-state index contributed by atoms with van der Waals surface area (Å²) < 4.78 is 5.51. The SMILES string of the molecule is CCCCOCCNC(=NCC(C)(O)c1ccsc1)NCC. The van der Waals surface area contributed by atoms with Gasteiger partial charge in [-0.2, -0.15) is 11.3 Å². The highest BCUT2D eigenvalue weighted by molar-refractivity contribution is 7.08. The highest BCUT2D eigenvalue weighted by atomic mass is 32.1. The largest absolute Gasteiger partial charge is 0.383 e. The van der Waals surface area contributed by atoms with E-state index in [1.807, 2.05) is 23.8 Å². The Morgan fingerprint density at radius 3 is 2.82 bits per heavy atom. The van der Waals surface area contributed by atoms with Gasteiger partial charge in [0.25, 0.3) is 0 Å². The van der Waals surface area contributed by atoms with Gasteiger partial charge >= 0.3 is 0 Å². The Morgan fingerprint density at radius 1 is 1.36 bits per heavy atom. The molecule has 0 aliphatic heterocycles. The van der Waals surface area contributed by atoms with Gasteiger partial charge in [0, 0.05) is 19.7 Å². The average molecular weight is 327 g/mol. The molecule has 1 heterocycles. The molecule has 1 aromatic rings. The van der Waals surface area contributed by atoms with Gasteiger partial charge in [-0.05, 0) is 42.7 Å². The van der Waals surface area contributed by atoms with Gasteiger partial charge in [-0.3, -0.25) is 0 Å². The van der Waals surface area contributed by atoms with E-state index in [4.69, 9.17) is 4.74 Å². The van der Waals surface area contributed by atoms with Crippen LogP contribution in [0.4, 0.5) is 0 Å². The molecule has 1 unspecified atom stereocenters. The van der Waals surface area contributed by atoms with E-state index in [2.05, 4.69) is 22.5 Å². The number of guanidine groups is 1. The standard InChI is InChI=1S/C16H29N3O2S/c1-4-6-9-21-10-8-18-15(17-5-2)19-13-16(3,20)14-7-11-22-12-14/h7,11-12,20H,4-6,8-10,13H2,1-3H3,(H2,17,18,19). The Kier molecular flexibility index (Phi) is 9.11. The fraction of sp³-hybridized carbons (Fsp3) is 0.688. The fourth-order valence-electron chi connectivity index (χ4n) is 1.83. The van der Waals surface area contributed by atoms with Crippen molar-refractivity contribution in [2.45, 2.75) is 39.2 Å². The summed E-state index contributed by atoms with van der Waals surface area (Å²) in [6.45, 7) is 9.22. The van der Waals surface area contributed by atoms with Crippen molar-refractivity contribution in [1.29, 1.82) is 0 Å². The van der Waals surface area contributed by atoms with Gasteiger partial charge in [-0.25, -0.2) is 4.99 Å². The van der Waals surface area contributed by atoms with Crippen LogP contribution in [0.25, 0.3) is 0 Å². The maximum atomic E-state index is 10.5. The van der Waals surface area contributed by atoms with Crippen molar-refractivity contribution >= 4 is 17.3 Å². The number of aliphatic imine (C=N–C) groups is 1. The molecule has 1 aromatic heterocycles. The van der Waals surface area contributed by atoms with Crippen molar-refractivity contribution in [3.8, 4) is 0 Å². The molecule has 5 nitrogen and oxygen atoms in total. The van der Waals surface area contributed by atoms with Gasteiger partial charge in [-0.1, -0.05) is 13.3 Å². The first kappa shape index (κ1) is 18.9. The summed E-state index contributed by atoms with van der Waals surface area (Å²) in [4.78, 5) is 4.47. The van der Waals surface area contributed by atoms with Gasteiger partial charge in [0.05, 0.1) is 13.2 Å². The van der Waals surface area contributed by atoms with Gasteiger partial charge < -0.3 is 20.5 Å². The minimum absolute atomic E-state index is 0.315. The minimum Gasteiger partial charge on any atom is -0.383 e. The topological polar surface area (TPSA) is 65.9 Å². The maximum Gasteiger partial charge on any atom is 0.191 e. The normalized spacial score (nSPS) is 14.6. The number of unbranched alkanes of at least 4 members (excludes halogenated alkanes) is 1. The van der Waals surface area contributed by atoms with Crippen LogP contribution in [0.1, 0.15) is 39.2 Å². The molecule has 0 saturated heterocycles. The minimum atomic E-state index is -0.944. The zero-order valence-corrected chi connectivity index (χ0v) is 14.7. The first-order valence-corrected chi connectivity index (χ1v) is 8.89. The van der Waals surface area contributed by atoms with Gasteiger partial charge in [0.2, 0.25) is 0 Å². The third-order valence-corrected chi connectivity index (χ3v) is 3.90. The third kappa shape index (κ3) is 7.24. The van der Waals surface area contributed by atoms with Crippen molar-refractivity contribution in [3.63, 3.8) is 0 Å². The molecule has 0 aliphatic rings. The number of ether oxygens (including phenoxy) is 1. The summed E-state index contributed by atoms with van der Waals surface area (Å²) >= 11 is 1.58. The molecule has 3 N–H and O–H groups in total. The van der Waals surface area contributed by atoms with Crippen LogP contribution < -0.4 is 10.6 Å². The number of nitrogens with zero attached hydrogens (tertiary/aromatic N) is 1. The van der Waals surface area contributed by atoms with E-state index < -0.39 is 5.60 Å². The number of nitrogens with one attached hydrogen (secondary N) is 2. The predicted molar refractivity (Wildman–Crippen MR) is 93.6 cm³/mol. The van der Waals surface area contributed by atoms with Crippen LogP contribution in [-0.4, -0.2) is 43.9 Å². The van der Waals surface area contributed by atoms with Crippen LogP contribution in [0, 0.1) is 0 Å². The zero-order chi connectivity index (χ0) is 16.3. The van der Waals surface area contributed by atoms with Gasteiger partial charge in [0.15, 0.2) is 5.96 Å². The Balaban J connectivity index is 2.41. The highest BCUT2D eigenvalue weighted by Crippen LogP contribution is 2.23. The van der Waals surface area contributed by atoms with E-state index >= 15 is 0 Å². The number of hydrogen-bond donors (Lipinski definition) is 3. The molecule has 0 spiro atoms. The first-order valence-electron chi connectivity index (χ1n) is 7.95. The van der Waals surface area contributed by atoms with Gasteiger partial charge in [0.1, 0.15) is 5.60 Å². The summed E-state index contributed by atoms with van der Waals surface area (Å²) in [5.41, 5.74) is -0.0417. The third-order valence-electron chi connectivity index (χ3n) is 3.21. The molecule has 126 valence electrons. The number of rotatable bonds is 10. The molecule has 1 rings (SSSR count). The Hall–Kier alpha value is -1.11. The molecule has 0 aliphatic carbocycles. The summed E-state index contributed by atoms with van der Waals surface area (Å²) in [7, 11) is 0. The summed E-state index contributed by atoms with van der Waals surface area (Å²) in [5, 5.41) is 20.8. The Bertz CT molecular complexity index is 419. The second-order valence-electron chi connectivity index (χ2n) is 5.37. The molecule has 1 atom stereocenters. The first-order chi connectivity index (χ1) is 10.6. The quantitative estimate of drug-likeness (QED) is 0.350. The van der Waals surface area contributed by atoms with Crippen LogP contribution in [0.5, 0.6) is 0 Å². The summed E-state index contributed by atoms with van der Waals surface area (Å²) in [5.74, 6) is 0.706. The summed E-state index contributed by atoms with van der Waals surface area (Å²) in [6, 6.07) is 1.93. The van der Waals surface area contributed by atoms with E-state index in [9.17, 15) is 5.11 Å². The smallest absolute Gasteiger partial charge is 0.191 e. The van der Waals surface area contributed by atoms with Crippen molar-refractivity contribution in [1.82, 2.24) is 10.6 Å². The van der Waals surface area contributed by atoms with Crippen LogP contribution in [0.2, 0.25) is 0 Å². The monoisotopic (exact) mass is 327 g/mol. The Labute approximate surface area is 137 Å². The molecule has 6 heteroatoms. The molecule has 0 saturated carbocycles. The number of thiophene rings is 1. The molecular weight excluding hydrogens is 298 g/mol. The van der Waals surface area contributed by atoms with Crippen molar-refractivity contribution in [2.24, 2.45) is 4.99 Å². The van der Waals surface area contributed by atoms with Crippen molar-refractivity contribution in [2.75, 3.05) is 32.8 Å². The van der Waals surface area contributed by atoms with E-state index in [-0.39, 0.29) is 0 Å². The lowest BCUT2D eigenvalue weighted by molar-refractivity contribution is 0.0677. The average Bonchev–Trinajstić information content (AvgIpc) is 3.03. The van der Waals surface area contributed by atoms with Crippen LogP contribution in [-0.2, 0) is 10.3 Å². The molecule has 0 bridgehead atoms. The van der Waals surface area contributed by atoms with Crippen LogP contribution in [0.15, 0.2) is 21.8 Å². The molecule has 0 radical (unpaired) electrons. The number of aliphatic hydroxyl groups is 1. The molecule has 0 aromatic carbocycles. The number of hydrogen-bond acceptors (Lipinski definition) is 4. The van der Waals surface area contributed by atoms with Crippen LogP contribution >= 0.6 is 11.3 Å². The fourth-order valence-corrected chi connectivity index (χ4v) is 2.61. The lowest BCUT2D eigenvalue weighted by Gasteiger charge is -2.21. The zero-order valence-electron chi connectivity index (χ0n) is 13.9. The highest BCUT2D eigenvalue weighted by Gasteiger charge is 2.23. The molecular formula is C16H29N3O2S. The van der Waals surface area contributed by atoms with E-state index in [0.29, 0.717) is 25.7 Å². The predicted octanol–water partition coefficient (Wildman–Crippen LogP) is 2.33.